The minimum atomic E-state index is -0.439. The summed E-state index contributed by atoms with van der Waals surface area (Å²) in [5, 5.41) is 8.44. The number of nitrogens with zero attached hydrogens (tertiary/aromatic N) is 1. The van der Waals surface area contributed by atoms with E-state index in [9.17, 15) is 4.39 Å². The lowest BCUT2D eigenvalue weighted by Gasteiger charge is -1.98. The smallest absolute Gasteiger partial charge is 0.141 e. The maximum absolute atomic E-state index is 12.8. The first-order valence-corrected chi connectivity index (χ1v) is 4.09. The summed E-state index contributed by atoms with van der Waals surface area (Å²) < 4.78 is 13.7. The Bertz CT molecular complexity index is 328. The molecule has 0 radical (unpaired) electrons. The van der Waals surface area contributed by atoms with E-state index >= 15 is 0 Å². The highest BCUT2D eigenvalue weighted by molar-refractivity contribution is 14.1. The van der Waals surface area contributed by atoms with Gasteiger partial charge in [-0.15, -0.1) is 0 Å². The van der Waals surface area contributed by atoms with Gasteiger partial charge in [0.25, 0.3) is 0 Å². The lowest BCUT2D eigenvalue weighted by molar-refractivity contribution is 0.622. The van der Waals surface area contributed by atoms with Gasteiger partial charge in [-0.05, 0) is 47.2 Å². The lowest BCUT2D eigenvalue weighted by Crippen LogP contribution is -1.88. The molecule has 0 aromatic heterocycles. The monoisotopic (exact) mass is 261 g/mol. The second-order valence-electron chi connectivity index (χ2n) is 2.19. The van der Waals surface area contributed by atoms with Crippen molar-refractivity contribution in [3.8, 4) is 6.07 Å². The van der Waals surface area contributed by atoms with Crippen molar-refractivity contribution in [3.05, 3.63) is 32.6 Å². The van der Waals surface area contributed by atoms with Crippen molar-refractivity contribution < 1.29 is 4.39 Å². The number of aryl methyl sites for hydroxylation is 1. The van der Waals surface area contributed by atoms with E-state index in [1.807, 2.05) is 6.92 Å². The Morgan fingerprint density at radius 2 is 2.18 bits per heavy atom. The van der Waals surface area contributed by atoms with Gasteiger partial charge < -0.3 is 0 Å². The van der Waals surface area contributed by atoms with Gasteiger partial charge in [-0.1, -0.05) is 0 Å². The Labute approximate surface area is 78.0 Å². The van der Waals surface area contributed by atoms with E-state index < -0.39 is 5.82 Å². The van der Waals surface area contributed by atoms with E-state index in [1.165, 1.54) is 6.07 Å². The molecule has 0 bridgehead atoms. The van der Waals surface area contributed by atoms with Gasteiger partial charge in [0.2, 0.25) is 0 Å². The van der Waals surface area contributed by atoms with Crippen LogP contribution in [0.1, 0.15) is 11.1 Å². The fourth-order valence-electron chi connectivity index (χ4n) is 0.732. The van der Waals surface area contributed by atoms with Crippen LogP contribution >= 0.6 is 22.6 Å². The van der Waals surface area contributed by atoms with Crippen molar-refractivity contribution in [1.29, 1.82) is 5.26 Å². The second kappa shape index (κ2) is 3.18. The maximum atomic E-state index is 12.8. The first-order chi connectivity index (χ1) is 5.15. The Morgan fingerprint density at radius 1 is 1.55 bits per heavy atom. The number of hydrogen-bond donors (Lipinski definition) is 0. The molecule has 1 rings (SSSR count). The third kappa shape index (κ3) is 1.69. The van der Waals surface area contributed by atoms with Crippen LogP contribution in [0, 0.1) is 27.6 Å². The zero-order valence-electron chi connectivity index (χ0n) is 5.86. The van der Waals surface area contributed by atoms with Gasteiger partial charge in [-0.2, -0.15) is 5.26 Å². The van der Waals surface area contributed by atoms with Gasteiger partial charge in [0, 0.05) is 3.57 Å². The van der Waals surface area contributed by atoms with Gasteiger partial charge in [-0.25, -0.2) is 4.39 Å². The highest BCUT2D eigenvalue weighted by Gasteiger charge is 2.03. The average Bonchev–Trinajstić information content (AvgIpc) is 1.97. The van der Waals surface area contributed by atoms with Gasteiger partial charge in [0.1, 0.15) is 11.9 Å². The SMILES string of the molecule is Cc1cc(F)c(C#N)cc1I. The van der Waals surface area contributed by atoms with Gasteiger partial charge >= 0.3 is 0 Å². The van der Waals surface area contributed by atoms with Crippen LogP contribution in [0.5, 0.6) is 0 Å². The molecule has 0 aliphatic rings. The normalized spacial score (nSPS) is 9.27. The highest BCUT2D eigenvalue weighted by Crippen LogP contribution is 2.16. The predicted molar refractivity (Wildman–Crippen MR) is 48.6 cm³/mol. The molecule has 1 aromatic carbocycles. The standard InChI is InChI=1S/C8H5FIN/c1-5-2-7(9)6(4-11)3-8(5)10/h2-3H,1H3. The average molecular weight is 261 g/mol. The van der Waals surface area contributed by atoms with Crippen molar-refractivity contribution in [2.75, 3.05) is 0 Å². The van der Waals surface area contributed by atoms with Crippen LogP contribution < -0.4 is 0 Å². The molecule has 0 N–H and O–H groups in total. The zero-order valence-corrected chi connectivity index (χ0v) is 8.02. The molecule has 56 valence electrons. The maximum Gasteiger partial charge on any atom is 0.141 e. The lowest BCUT2D eigenvalue weighted by atomic mass is 10.1. The fourth-order valence-corrected chi connectivity index (χ4v) is 1.20. The molecule has 0 saturated carbocycles. The zero-order chi connectivity index (χ0) is 8.43. The summed E-state index contributed by atoms with van der Waals surface area (Å²) in [4.78, 5) is 0. The first kappa shape index (κ1) is 8.47. The molecule has 0 saturated heterocycles. The third-order valence-electron chi connectivity index (χ3n) is 1.37. The Hall–Kier alpha value is -0.630. The molecule has 0 fully saturated rings. The highest BCUT2D eigenvalue weighted by atomic mass is 127. The van der Waals surface area contributed by atoms with Gasteiger partial charge in [-0.3, -0.25) is 0 Å². The topological polar surface area (TPSA) is 23.8 Å². The van der Waals surface area contributed by atoms with Crippen LogP contribution in [0.25, 0.3) is 0 Å². The fraction of sp³-hybridized carbons (Fsp3) is 0.125. The van der Waals surface area contributed by atoms with Crippen LogP contribution in [0.2, 0.25) is 0 Å². The minimum Gasteiger partial charge on any atom is -0.206 e. The molecule has 0 atom stereocenters. The van der Waals surface area contributed by atoms with E-state index in [-0.39, 0.29) is 5.56 Å². The molecular formula is C8H5FIN. The quantitative estimate of drug-likeness (QED) is 0.658. The number of nitriles is 1. The number of benzene rings is 1. The van der Waals surface area contributed by atoms with Crippen LogP contribution in [0.15, 0.2) is 12.1 Å². The van der Waals surface area contributed by atoms with E-state index in [0.717, 1.165) is 9.13 Å². The van der Waals surface area contributed by atoms with Crippen molar-refractivity contribution >= 4 is 22.6 Å². The molecule has 11 heavy (non-hydrogen) atoms. The molecule has 0 heterocycles. The molecule has 0 aliphatic heterocycles. The summed E-state index contributed by atoms with van der Waals surface area (Å²) in [5.41, 5.74) is 0.974. The van der Waals surface area contributed by atoms with Crippen molar-refractivity contribution in [2.45, 2.75) is 6.92 Å². The van der Waals surface area contributed by atoms with Gasteiger partial charge in [0.15, 0.2) is 0 Å². The summed E-state index contributed by atoms with van der Waals surface area (Å²) in [6, 6.07) is 4.71. The predicted octanol–water partition coefficient (Wildman–Crippen LogP) is 2.61. The van der Waals surface area contributed by atoms with E-state index in [2.05, 4.69) is 22.6 Å². The van der Waals surface area contributed by atoms with E-state index in [1.54, 1.807) is 12.1 Å². The van der Waals surface area contributed by atoms with Crippen LogP contribution in [0.3, 0.4) is 0 Å². The molecular weight excluding hydrogens is 256 g/mol. The molecule has 0 spiro atoms. The summed E-state index contributed by atoms with van der Waals surface area (Å²) in [6.45, 7) is 1.81. The molecule has 0 aliphatic carbocycles. The molecule has 1 nitrogen and oxygen atoms in total. The van der Waals surface area contributed by atoms with E-state index in [0.29, 0.717) is 0 Å². The molecule has 0 amide bonds. The second-order valence-corrected chi connectivity index (χ2v) is 3.36. The number of hydrogen-bond acceptors (Lipinski definition) is 1. The molecule has 0 unspecified atom stereocenters. The number of halogens is 2. The van der Waals surface area contributed by atoms with E-state index in [4.69, 9.17) is 5.26 Å². The van der Waals surface area contributed by atoms with Crippen LogP contribution in [0.4, 0.5) is 4.39 Å². The Kier molecular flexibility index (Phi) is 2.45. The summed E-state index contributed by atoms with van der Waals surface area (Å²) in [7, 11) is 0. The van der Waals surface area contributed by atoms with Crippen LogP contribution in [-0.2, 0) is 0 Å². The largest absolute Gasteiger partial charge is 0.206 e. The van der Waals surface area contributed by atoms with Gasteiger partial charge in [0.05, 0.1) is 5.56 Å². The van der Waals surface area contributed by atoms with Crippen molar-refractivity contribution in [3.63, 3.8) is 0 Å². The van der Waals surface area contributed by atoms with Crippen molar-refractivity contribution in [2.24, 2.45) is 0 Å². The summed E-state index contributed by atoms with van der Waals surface area (Å²) >= 11 is 2.07. The summed E-state index contributed by atoms with van der Waals surface area (Å²) in [6.07, 6.45) is 0. The Morgan fingerprint density at radius 3 is 2.73 bits per heavy atom. The molecule has 3 heteroatoms. The van der Waals surface area contributed by atoms with Crippen molar-refractivity contribution in [1.82, 2.24) is 0 Å². The minimum absolute atomic E-state index is 0.111. The third-order valence-corrected chi connectivity index (χ3v) is 2.53. The Balaban J connectivity index is 3.35. The number of rotatable bonds is 0. The summed E-state index contributed by atoms with van der Waals surface area (Å²) in [5.74, 6) is -0.439. The molecule has 1 aromatic rings. The first-order valence-electron chi connectivity index (χ1n) is 3.01. The van der Waals surface area contributed by atoms with Crippen LogP contribution in [-0.4, -0.2) is 0 Å².